The van der Waals surface area contributed by atoms with E-state index in [2.05, 4.69) is 15.0 Å². The van der Waals surface area contributed by atoms with Crippen LogP contribution in [-0.4, -0.2) is 19.5 Å². The molecule has 92 valence electrons. The van der Waals surface area contributed by atoms with Crippen molar-refractivity contribution in [3.63, 3.8) is 0 Å². The Morgan fingerprint density at radius 1 is 1.33 bits per heavy atom. The van der Waals surface area contributed by atoms with Gasteiger partial charge in [-0.25, -0.2) is 15.0 Å². The standard InChI is InChI=1S/C12H13N5S/c1-7-3-4-14-11-10(7)16-12(13)17(11)5-9-15-8(2)6-18-9/h3-4,6H,5H2,1-2H3,(H2,13,16). The Kier molecular flexibility index (Phi) is 2.52. The smallest absolute Gasteiger partial charge is 0.202 e. The number of aromatic nitrogens is 4. The largest absolute Gasteiger partial charge is 0.369 e. The van der Waals surface area contributed by atoms with E-state index in [4.69, 9.17) is 5.73 Å². The summed E-state index contributed by atoms with van der Waals surface area (Å²) in [5, 5.41) is 3.05. The van der Waals surface area contributed by atoms with Gasteiger partial charge in [-0.05, 0) is 25.5 Å². The van der Waals surface area contributed by atoms with Crippen LogP contribution in [0.2, 0.25) is 0 Å². The van der Waals surface area contributed by atoms with Gasteiger partial charge in [-0.2, -0.15) is 0 Å². The number of rotatable bonds is 2. The van der Waals surface area contributed by atoms with Crippen LogP contribution in [0.3, 0.4) is 0 Å². The highest BCUT2D eigenvalue weighted by atomic mass is 32.1. The number of hydrogen-bond donors (Lipinski definition) is 1. The highest BCUT2D eigenvalue weighted by molar-refractivity contribution is 7.09. The third-order valence-electron chi connectivity index (χ3n) is 2.83. The van der Waals surface area contributed by atoms with Crippen LogP contribution >= 0.6 is 11.3 Å². The van der Waals surface area contributed by atoms with Gasteiger partial charge in [0, 0.05) is 17.3 Å². The van der Waals surface area contributed by atoms with Crippen molar-refractivity contribution in [2.75, 3.05) is 5.73 Å². The van der Waals surface area contributed by atoms with Crippen LogP contribution in [0.25, 0.3) is 11.2 Å². The molecule has 0 bridgehead atoms. The molecule has 2 N–H and O–H groups in total. The molecule has 0 amide bonds. The summed E-state index contributed by atoms with van der Waals surface area (Å²) in [6, 6.07) is 1.94. The molecule has 0 saturated carbocycles. The number of nitrogens with zero attached hydrogens (tertiary/aromatic N) is 4. The summed E-state index contributed by atoms with van der Waals surface area (Å²) in [7, 11) is 0. The minimum absolute atomic E-state index is 0.486. The van der Waals surface area contributed by atoms with Gasteiger partial charge in [0.05, 0.1) is 6.54 Å². The number of nitrogen functional groups attached to an aromatic ring is 1. The molecule has 5 nitrogen and oxygen atoms in total. The monoisotopic (exact) mass is 259 g/mol. The molecule has 0 aliphatic rings. The molecular formula is C12H13N5S. The maximum absolute atomic E-state index is 5.97. The molecule has 3 heterocycles. The van der Waals surface area contributed by atoms with Crippen molar-refractivity contribution in [2.24, 2.45) is 0 Å². The summed E-state index contributed by atoms with van der Waals surface area (Å²) in [5.41, 5.74) is 9.76. The molecule has 0 atom stereocenters. The van der Waals surface area contributed by atoms with Crippen LogP contribution in [-0.2, 0) is 6.54 Å². The molecule has 0 aromatic carbocycles. The quantitative estimate of drug-likeness (QED) is 0.765. The highest BCUT2D eigenvalue weighted by Crippen LogP contribution is 2.21. The van der Waals surface area contributed by atoms with Crippen molar-refractivity contribution in [1.82, 2.24) is 19.5 Å². The lowest BCUT2D eigenvalue weighted by Gasteiger charge is -2.02. The van der Waals surface area contributed by atoms with Gasteiger partial charge in [0.2, 0.25) is 5.95 Å². The average molecular weight is 259 g/mol. The van der Waals surface area contributed by atoms with Gasteiger partial charge in [0.1, 0.15) is 10.5 Å². The first-order valence-corrected chi connectivity index (χ1v) is 6.51. The first-order valence-electron chi connectivity index (χ1n) is 5.63. The van der Waals surface area contributed by atoms with Gasteiger partial charge in [0.25, 0.3) is 0 Å². The maximum Gasteiger partial charge on any atom is 0.202 e. The molecule has 0 aliphatic carbocycles. The van der Waals surface area contributed by atoms with Gasteiger partial charge in [0.15, 0.2) is 5.65 Å². The predicted molar refractivity (Wildman–Crippen MR) is 72.6 cm³/mol. The number of hydrogen-bond acceptors (Lipinski definition) is 5. The minimum atomic E-state index is 0.486. The Morgan fingerprint density at radius 2 is 2.17 bits per heavy atom. The molecular weight excluding hydrogens is 246 g/mol. The van der Waals surface area contributed by atoms with Crippen LogP contribution < -0.4 is 5.73 Å². The lowest BCUT2D eigenvalue weighted by atomic mass is 10.3. The first kappa shape index (κ1) is 11.2. The van der Waals surface area contributed by atoms with E-state index in [1.54, 1.807) is 17.5 Å². The molecule has 6 heteroatoms. The van der Waals surface area contributed by atoms with Gasteiger partial charge in [-0.3, -0.25) is 4.57 Å². The fraction of sp³-hybridized carbons (Fsp3) is 0.250. The van der Waals surface area contributed by atoms with Crippen LogP contribution in [0.1, 0.15) is 16.3 Å². The van der Waals surface area contributed by atoms with E-state index in [0.29, 0.717) is 12.5 Å². The fourth-order valence-electron chi connectivity index (χ4n) is 1.92. The molecule has 0 unspecified atom stereocenters. The second-order valence-corrected chi connectivity index (χ2v) is 5.18. The van der Waals surface area contributed by atoms with Gasteiger partial charge < -0.3 is 5.73 Å². The number of nitrogens with two attached hydrogens (primary N) is 1. The summed E-state index contributed by atoms with van der Waals surface area (Å²) in [5.74, 6) is 0.486. The number of imidazole rings is 1. The summed E-state index contributed by atoms with van der Waals surface area (Å²) in [6.45, 7) is 4.61. The van der Waals surface area contributed by atoms with E-state index in [-0.39, 0.29) is 0 Å². The summed E-state index contributed by atoms with van der Waals surface area (Å²) < 4.78 is 1.90. The zero-order valence-electron chi connectivity index (χ0n) is 10.2. The van der Waals surface area contributed by atoms with Gasteiger partial charge in [-0.15, -0.1) is 11.3 Å². The van der Waals surface area contributed by atoms with E-state index < -0.39 is 0 Å². The average Bonchev–Trinajstić information content (AvgIpc) is 2.87. The van der Waals surface area contributed by atoms with E-state index in [9.17, 15) is 0 Å². The number of thiazole rings is 1. The molecule has 0 aliphatic heterocycles. The first-order chi connectivity index (χ1) is 8.65. The molecule has 3 aromatic rings. The SMILES string of the molecule is Cc1csc(Cn2c(N)nc3c(C)ccnc32)n1. The molecule has 0 saturated heterocycles. The molecule has 18 heavy (non-hydrogen) atoms. The van der Waals surface area contributed by atoms with Gasteiger partial charge in [-0.1, -0.05) is 0 Å². The van der Waals surface area contributed by atoms with Crippen molar-refractivity contribution in [2.45, 2.75) is 20.4 Å². The molecule has 0 fully saturated rings. The summed E-state index contributed by atoms with van der Waals surface area (Å²) >= 11 is 1.63. The maximum atomic E-state index is 5.97. The highest BCUT2D eigenvalue weighted by Gasteiger charge is 2.12. The number of aryl methyl sites for hydroxylation is 2. The summed E-state index contributed by atoms with van der Waals surface area (Å²) in [4.78, 5) is 13.2. The summed E-state index contributed by atoms with van der Waals surface area (Å²) in [6.07, 6.45) is 1.78. The minimum Gasteiger partial charge on any atom is -0.369 e. The molecule has 0 radical (unpaired) electrons. The van der Waals surface area contributed by atoms with Crippen LogP contribution in [0.5, 0.6) is 0 Å². The van der Waals surface area contributed by atoms with Crippen molar-refractivity contribution >= 4 is 28.4 Å². The second-order valence-electron chi connectivity index (χ2n) is 4.24. The van der Waals surface area contributed by atoms with E-state index >= 15 is 0 Å². The molecule has 3 aromatic heterocycles. The zero-order valence-corrected chi connectivity index (χ0v) is 11.0. The second kappa shape index (κ2) is 4.06. The molecule has 3 rings (SSSR count). The predicted octanol–water partition coefficient (Wildman–Crippen LogP) is 2.14. The zero-order chi connectivity index (χ0) is 12.7. The Labute approximate surface area is 108 Å². The topological polar surface area (TPSA) is 69.6 Å². The lowest BCUT2D eigenvalue weighted by Crippen LogP contribution is -2.05. The Balaban J connectivity index is 2.11. The van der Waals surface area contributed by atoms with E-state index in [1.165, 1.54) is 0 Å². The number of anilines is 1. The normalized spacial score (nSPS) is 11.2. The van der Waals surface area contributed by atoms with Crippen molar-refractivity contribution in [1.29, 1.82) is 0 Å². The van der Waals surface area contributed by atoms with Crippen LogP contribution in [0.15, 0.2) is 17.6 Å². The third-order valence-corrected chi connectivity index (χ3v) is 3.78. The Hall–Kier alpha value is -1.95. The van der Waals surface area contributed by atoms with Gasteiger partial charge >= 0.3 is 0 Å². The van der Waals surface area contributed by atoms with Crippen molar-refractivity contribution in [3.8, 4) is 0 Å². The van der Waals surface area contributed by atoms with Crippen molar-refractivity contribution < 1.29 is 0 Å². The van der Waals surface area contributed by atoms with E-state index in [0.717, 1.165) is 27.4 Å². The fourth-order valence-corrected chi connectivity index (χ4v) is 2.68. The van der Waals surface area contributed by atoms with Crippen molar-refractivity contribution in [3.05, 3.63) is 33.9 Å². The lowest BCUT2D eigenvalue weighted by molar-refractivity contribution is 0.816. The third kappa shape index (κ3) is 1.74. The van der Waals surface area contributed by atoms with Crippen LogP contribution in [0.4, 0.5) is 5.95 Å². The Bertz CT molecular complexity index is 712. The number of fused-ring (bicyclic) bond motifs is 1. The number of pyridine rings is 1. The molecule has 0 spiro atoms. The Morgan fingerprint density at radius 3 is 2.89 bits per heavy atom. The van der Waals surface area contributed by atoms with E-state index in [1.807, 2.05) is 29.9 Å². The van der Waals surface area contributed by atoms with Crippen LogP contribution in [0, 0.1) is 13.8 Å².